The molecular weight excluding hydrogens is 298 g/mol. The zero-order chi connectivity index (χ0) is 15.7. The molecular formula is C16H17N3O4. The minimum absolute atomic E-state index is 0.0136. The topological polar surface area (TPSA) is 70.7 Å². The van der Waals surface area contributed by atoms with Crippen molar-refractivity contribution in [2.24, 2.45) is 7.05 Å². The average molecular weight is 315 g/mol. The number of nitrogens with zero attached hydrogens (tertiary/aromatic N) is 3. The van der Waals surface area contributed by atoms with Crippen molar-refractivity contribution in [1.29, 1.82) is 0 Å². The molecule has 1 aromatic carbocycles. The molecule has 2 bridgehead atoms. The first-order chi connectivity index (χ1) is 11.2. The first-order valence-electron chi connectivity index (χ1n) is 7.88. The Morgan fingerprint density at radius 2 is 1.78 bits per heavy atom. The highest BCUT2D eigenvalue weighted by atomic mass is 16.6. The van der Waals surface area contributed by atoms with Gasteiger partial charge >= 0.3 is 11.4 Å². The Balaban J connectivity index is 1.49. The highest BCUT2D eigenvalue weighted by Gasteiger charge is 2.63. The van der Waals surface area contributed by atoms with Crippen LogP contribution in [0.3, 0.4) is 0 Å². The van der Waals surface area contributed by atoms with Crippen LogP contribution in [0, 0.1) is 0 Å². The molecule has 4 heterocycles. The molecule has 0 spiro atoms. The molecule has 0 unspecified atom stereocenters. The number of epoxide rings is 1. The third-order valence-corrected chi connectivity index (χ3v) is 5.24. The number of benzene rings is 1. The van der Waals surface area contributed by atoms with E-state index in [0.29, 0.717) is 6.61 Å². The number of ether oxygens (including phenoxy) is 2. The van der Waals surface area contributed by atoms with Gasteiger partial charge in [-0.1, -0.05) is 30.3 Å². The molecule has 1 aromatic heterocycles. The van der Waals surface area contributed by atoms with Gasteiger partial charge in [0.25, 0.3) is 0 Å². The summed E-state index contributed by atoms with van der Waals surface area (Å²) in [7, 11) is 1.52. The molecule has 7 nitrogen and oxygen atoms in total. The van der Waals surface area contributed by atoms with E-state index >= 15 is 0 Å². The summed E-state index contributed by atoms with van der Waals surface area (Å²) in [5.41, 5.74) is 0.556. The fourth-order valence-electron chi connectivity index (χ4n) is 4.07. The quantitative estimate of drug-likeness (QED) is 0.759. The molecule has 3 aliphatic heterocycles. The molecule has 5 rings (SSSR count). The number of rotatable bonds is 3. The summed E-state index contributed by atoms with van der Waals surface area (Å²) >= 11 is 0. The maximum atomic E-state index is 12.4. The minimum atomic E-state index is -0.267. The van der Waals surface area contributed by atoms with Gasteiger partial charge in [-0.05, 0) is 12.0 Å². The van der Waals surface area contributed by atoms with Crippen molar-refractivity contribution in [2.75, 3.05) is 0 Å². The van der Waals surface area contributed by atoms with Crippen LogP contribution in [0.1, 0.15) is 24.1 Å². The van der Waals surface area contributed by atoms with E-state index in [1.54, 1.807) is 9.36 Å². The molecule has 0 amide bonds. The van der Waals surface area contributed by atoms with Crippen molar-refractivity contribution in [1.82, 2.24) is 13.9 Å². The van der Waals surface area contributed by atoms with Gasteiger partial charge in [0.15, 0.2) is 0 Å². The summed E-state index contributed by atoms with van der Waals surface area (Å²) in [4.78, 5) is 24.7. The third-order valence-electron chi connectivity index (χ3n) is 5.24. The second kappa shape index (κ2) is 4.46. The molecule has 0 radical (unpaired) electrons. The molecule has 0 aliphatic carbocycles. The SMILES string of the molecule is Cn1c(=O)n2n(c1=O)[C@H]1C[C@@H]2[C@H](OCc2ccccc2)[C@H]2O[C@H]21. The molecule has 3 aliphatic rings. The lowest BCUT2D eigenvalue weighted by Gasteiger charge is -2.25. The summed E-state index contributed by atoms with van der Waals surface area (Å²) in [6.45, 7) is 0.477. The van der Waals surface area contributed by atoms with Crippen molar-refractivity contribution in [3.05, 3.63) is 56.9 Å². The maximum absolute atomic E-state index is 12.4. The lowest BCUT2D eigenvalue weighted by Crippen LogP contribution is -2.39. The molecule has 120 valence electrons. The Bertz CT molecular complexity index is 881. The lowest BCUT2D eigenvalue weighted by atomic mass is 9.90. The van der Waals surface area contributed by atoms with Crippen molar-refractivity contribution in [2.45, 2.75) is 43.4 Å². The Labute approximate surface area is 131 Å². The number of hydrogen-bond acceptors (Lipinski definition) is 4. The van der Waals surface area contributed by atoms with Crippen molar-refractivity contribution >= 4 is 0 Å². The normalized spacial score (nSPS) is 33.3. The van der Waals surface area contributed by atoms with Gasteiger partial charge in [0.2, 0.25) is 0 Å². The maximum Gasteiger partial charge on any atom is 0.347 e. The van der Waals surface area contributed by atoms with E-state index in [2.05, 4.69) is 0 Å². The van der Waals surface area contributed by atoms with Gasteiger partial charge < -0.3 is 9.47 Å². The van der Waals surface area contributed by atoms with Crippen LogP contribution in [0.25, 0.3) is 0 Å². The van der Waals surface area contributed by atoms with E-state index in [0.717, 1.165) is 16.6 Å². The predicted octanol–water partition coefficient (Wildman–Crippen LogP) is 0.201. The van der Waals surface area contributed by atoms with Crippen LogP contribution in [0.2, 0.25) is 0 Å². The number of hydrogen-bond donors (Lipinski definition) is 0. The molecule has 1 fully saturated rings. The van der Waals surface area contributed by atoms with Gasteiger partial charge in [0, 0.05) is 7.05 Å². The van der Waals surface area contributed by atoms with E-state index in [1.165, 1.54) is 7.05 Å². The van der Waals surface area contributed by atoms with Gasteiger partial charge in [-0.25, -0.2) is 23.5 Å². The summed E-state index contributed by atoms with van der Waals surface area (Å²) < 4.78 is 16.2. The summed E-state index contributed by atoms with van der Waals surface area (Å²) in [5.74, 6) is 0. The van der Waals surface area contributed by atoms with E-state index in [1.807, 2.05) is 30.3 Å². The number of aromatic nitrogens is 3. The van der Waals surface area contributed by atoms with E-state index in [-0.39, 0.29) is 41.8 Å². The predicted molar refractivity (Wildman–Crippen MR) is 80.3 cm³/mol. The zero-order valence-corrected chi connectivity index (χ0v) is 12.7. The number of fused-ring (bicyclic) bond motifs is 2. The molecule has 1 saturated heterocycles. The van der Waals surface area contributed by atoms with Crippen LogP contribution in [-0.2, 0) is 23.1 Å². The summed E-state index contributed by atoms with van der Waals surface area (Å²) in [6, 6.07) is 9.76. The van der Waals surface area contributed by atoms with Crippen molar-refractivity contribution < 1.29 is 9.47 Å². The van der Waals surface area contributed by atoms with Crippen LogP contribution in [-0.4, -0.2) is 32.2 Å². The molecule has 0 N–H and O–H groups in total. The molecule has 0 saturated carbocycles. The van der Waals surface area contributed by atoms with E-state index in [4.69, 9.17) is 9.47 Å². The van der Waals surface area contributed by atoms with Crippen LogP contribution in [0.5, 0.6) is 0 Å². The summed E-state index contributed by atoms with van der Waals surface area (Å²) in [6.07, 6.45) is 0.510. The Kier molecular flexibility index (Phi) is 2.58. The second-order valence-corrected chi connectivity index (χ2v) is 6.51. The molecule has 2 aromatic rings. The van der Waals surface area contributed by atoms with Gasteiger partial charge in [0.05, 0.1) is 18.7 Å². The van der Waals surface area contributed by atoms with Gasteiger partial charge in [-0.3, -0.25) is 0 Å². The smallest absolute Gasteiger partial charge is 0.347 e. The standard InChI is InChI=1S/C16H17N3O4/c1-17-15(20)18-10-7-11(19(18)16(17)21)13-14(23-13)12(10)22-8-9-5-3-2-4-6-9/h2-6,10-14H,7-8H2,1H3/t10-,11+,12+,13+,14-/m1/s1. The minimum Gasteiger partial charge on any atom is -0.368 e. The van der Waals surface area contributed by atoms with Crippen molar-refractivity contribution in [3.63, 3.8) is 0 Å². The van der Waals surface area contributed by atoms with Gasteiger partial charge in [-0.15, -0.1) is 0 Å². The Hall–Kier alpha value is -2.12. The lowest BCUT2D eigenvalue weighted by molar-refractivity contribution is -0.0145. The fraction of sp³-hybridized carbons (Fsp3) is 0.500. The third kappa shape index (κ3) is 1.71. The highest BCUT2D eigenvalue weighted by molar-refractivity contribution is 5.15. The Morgan fingerprint density at radius 3 is 2.52 bits per heavy atom. The van der Waals surface area contributed by atoms with Crippen LogP contribution >= 0.6 is 0 Å². The second-order valence-electron chi connectivity index (χ2n) is 6.51. The first kappa shape index (κ1) is 13.3. The largest absolute Gasteiger partial charge is 0.368 e. The van der Waals surface area contributed by atoms with E-state index in [9.17, 15) is 9.59 Å². The van der Waals surface area contributed by atoms with Crippen LogP contribution in [0.4, 0.5) is 0 Å². The summed E-state index contributed by atoms with van der Waals surface area (Å²) in [5, 5.41) is 0. The molecule has 7 heteroatoms. The fourth-order valence-corrected chi connectivity index (χ4v) is 4.07. The van der Waals surface area contributed by atoms with Crippen molar-refractivity contribution in [3.8, 4) is 0 Å². The van der Waals surface area contributed by atoms with E-state index < -0.39 is 0 Å². The van der Waals surface area contributed by atoms with Crippen LogP contribution in [0.15, 0.2) is 39.9 Å². The molecule has 5 atom stereocenters. The highest BCUT2D eigenvalue weighted by Crippen LogP contribution is 2.51. The van der Waals surface area contributed by atoms with Gasteiger partial charge in [0.1, 0.15) is 18.3 Å². The Morgan fingerprint density at radius 1 is 1.09 bits per heavy atom. The molecule has 23 heavy (non-hydrogen) atoms. The monoisotopic (exact) mass is 315 g/mol. The van der Waals surface area contributed by atoms with Gasteiger partial charge in [-0.2, -0.15) is 0 Å². The first-order valence-corrected chi connectivity index (χ1v) is 7.88. The zero-order valence-electron chi connectivity index (χ0n) is 12.7. The van der Waals surface area contributed by atoms with Crippen LogP contribution < -0.4 is 11.4 Å². The average Bonchev–Trinajstić information content (AvgIpc) is 3.25.